The average molecular weight is 484 g/mol. The molecule has 1 N–H and O–H groups in total. The van der Waals surface area contributed by atoms with Gasteiger partial charge in [0, 0.05) is 25.0 Å². The first-order valence-corrected chi connectivity index (χ1v) is 12.8. The van der Waals surface area contributed by atoms with E-state index in [1.807, 2.05) is 0 Å². The maximum absolute atomic E-state index is 12.9. The highest BCUT2D eigenvalue weighted by Gasteiger charge is 2.25. The van der Waals surface area contributed by atoms with Crippen LogP contribution in [0.1, 0.15) is 32.6 Å². The summed E-state index contributed by atoms with van der Waals surface area (Å²) in [5.41, 5.74) is 0.565. The number of methoxy groups -OCH3 is 1. The Hall–Kier alpha value is -1.81. The molecule has 0 saturated carbocycles. The minimum Gasteiger partial charge on any atom is -0.495 e. The maximum Gasteiger partial charge on any atom is 0.244 e. The molecule has 0 radical (unpaired) electrons. The van der Waals surface area contributed by atoms with Crippen LogP contribution in [0, 0.1) is 0 Å². The van der Waals surface area contributed by atoms with Crippen molar-refractivity contribution in [3.63, 3.8) is 0 Å². The molecule has 7 nitrogen and oxygen atoms in total. The van der Waals surface area contributed by atoms with Crippen molar-refractivity contribution in [3.05, 3.63) is 41.6 Å². The number of ether oxygens (including phenoxy) is 1. The molecule has 1 atom stereocenters. The maximum atomic E-state index is 12.9. The number of hydrogen-bond donors (Lipinski definition) is 1. The van der Waals surface area contributed by atoms with Crippen molar-refractivity contribution in [2.75, 3.05) is 25.5 Å². The number of pyridine rings is 1. The number of amides is 1. The van der Waals surface area contributed by atoms with Crippen molar-refractivity contribution in [1.29, 1.82) is 0 Å². The number of halogens is 1. The summed E-state index contributed by atoms with van der Waals surface area (Å²) in [6.45, 7) is 2.85. The lowest BCUT2D eigenvalue weighted by Gasteiger charge is -2.19. The second-order valence-electron chi connectivity index (χ2n) is 7.25. The summed E-state index contributed by atoms with van der Waals surface area (Å²) in [5.74, 6) is 0.316. The van der Waals surface area contributed by atoms with E-state index in [9.17, 15) is 13.2 Å². The number of hydrogen-bond acceptors (Lipinski definition) is 6. The molecule has 2 heterocycles. The van der Waals surface area contributed by atoms with Crippen LogP contribution in [0.3, 0.4) is 0 Å². The Morgan fingerprint density at radius 3 is 2.48 bits per heavy atom. The number of carbonyl (C=O) groups excluding carboxylic acids is 1. The van der Waals surface area contributed by atoms with Gasteiger partial charge in [0.05, 0.1) is 22.4 Å². The minimum atomic E-state index is -3.54. The summed E-state index contributed by atoms with van der Waals surface area (Å²) in [6.07, 6.45) is 5.25. The number of rotatable bonds is 7. The zero-order chi connectivity index (χ0) is 22.4. The van der Waals surface area contributed by atoms with Crippen LogP contribution >= 0.6 is 23.4 Å². The molecule has 1 saturated heterocycles. The SMILES string of the molecule is COc1ccc(NC(=O)C(C)Sc2ccc(S(=O)(=O)N3CCCCCC3)cn2)cc1Cl. The van der Waals surface area contributed by atoms with Crippen molar-refractivity contribution < 1.29 is 17.9 Å². The predicted molar refractivity (Wildman–Crippen MR) is 123 cm³/mol. The Morgan fingerprint density at radius 2 is 1.90 bits per heavy atom. The standard InChI is InChI=1S/C21H26ClN3O4S2/c1-15(21(26)24-16-7-9-19(29-2)18(22)13-16)30-20-10-8-17(14-23-20)31(27,28)25-11-5-3-4-6-12-25/h7-10,13-15H,3-6,11-12H2,1-2H3,(H,24,26). The molecule has 2 aromatic rings. The molecule has 10 heteroatoms. The van der Waals surface area contributed by atoms with Crippen molar-refractivity contribution >= 4 is 45.0 Å². The second-order valence-corrected chi connectivity index (χ2v) is 11.0. The fraction of sp³-hybridized carbons (Fsp3) is 0.429. The molecule has 1 aliphatic rings. The molecule has 1 aromatic carbocycles. The Morgan fingerprint density at radius 1 is 1.19 bits per heavy atom. The third kappa shape index (κ3) is 6.12. The van der Waals surface area contributed by atoms with Crippen LogP contribution < -0.4 is 10.1 Å². The number of nitrogens with one attached hydrogen (secondary N) is 1. The van der Waals surface area contributed by atoms with Crippen LogP contribution in [-0.2, 0) is 14.8 Å². The van der Waals surface area contributed by atoms with Gasteiger partial charge in [-0.1, -0.05) is 36.2 Å². The first-order chi connectivity index (χ1) is 14.8. The molecule has 0 aliphatic carbocycles. The van der Waals surface area contributed by atoms with Gasteiger partial charge in [-0.15, -0.1) is 0 Å². The van der Waals surface area contributed by atoms with E-state index >= 15 is 0 Å². The zero-order valence-corrected chi connectivity index (χ0v) is 19.9. The van der Waals surface area contributed by atoms with Gasteiger partial charge in [0.2, 0.25) is 15.9 Å². The molecule has 0 spiro atoms. The summed E-state index contributed by atoms with van der Waals surface area (Å²) in [5, 5.41) is 3.35. The van der Waals surface area contributed by atoms with Gasteiger partial charge in [0.1, 0.15) is 10.6 Å². The molecule has 1 aliphatic heterocycles. The Bertz CT molecular complexity index is 1010. The number of aromatic nitrogens is 1. The van der Waals surface area contributed by atoms with Crippen LogP contribution in [0.2, 0.25) is 5.02 Å². The molecule has 3 rings (SSSR count). The van der Waals surface area contributed by atoms with Gasteiger partial charge in [0.25, 0.3) is 0 Å². The van der Waals surface area contributed by atoms with E-state index in [4.69, 9.17) is 16.3 Å². The predicted octanol–water partition coefficient (Wildman–Crippen LogP) is 4.43. The topological polar surface area (TPSA) is 88.6 Å². The third-order valence-corrected chi connectivity index (χ3v) is 8.23. The molecule has 1 unspecified atom stereocenters. The van der Waals surface area contributed by atoms with E-state index in [2.05, 4.69) is 10.3 Å². The Labute approximate surface area is 192 Å². The Balaban J connectivity index is 1.62. The van der Waals surface area contributed by atoms with Crippen molar-refractivity contribution in [1.82, 2.24) is 9.29 Å². The van der Waals surface area contributed by atoms with E-state index in [1.165, 1.54) is 25.1 Å². The fourth-order valence-electron chi connectivity index (χ4n) is 3.24. The van der Waals surface area contributed by atoms with Gasteiger partial charge in [0.15, 0.2) is 0 Å². The smallest absolute Gasteiger partial charge is 0.244 e. The number of thioether (sulfide) groups is 1. The molecule has 1 fully saturated rings. The van der Waals surface area contributed by atoms with Crippen LogP contribution in [-0.4, -0.2) is 49.1 Å². The second kappa shape index (κ2) is 10.7. The lowest BCUT2D eigenvalue weighted by molar-refractivity contribution is -0.115. The van der Waals surface area contributed by atoms with Crippen LogP contribution in [0.5, 0.6) is 5.75 Å². The van der Waals surface area contributed by atoms with E-state index in [0.29, 0.717) is 34.6 Å². The van der Waals surface area contributed by atoms with E-state index in [0.717, 1.165) is 25.7 Å². The number of carbonyl (C=O) groups is 1. The lowest BCUT2D eigenvalue weighted by Crippen LogP contribution is -2.32. The zero-order valence-electron chi connectivity index (χ0n) is 17.5. The highest BCUT2D eigenvalue weighted by atomic mass is 35.5. The van der Waals surface area contributed by atoms with Crippen LogP contribution in [0.25, 0.3) is 0 Å². The molecular formula is C21H26ClN3O4S2. The fourth-order valence-corrected chi connectivity index (χ4v) is 5.75. The van der Waals surface area contributed by atoms with E-state index in [1.54, 1.807) is 41.6 Å². The monoisotopic (exact) mass is 483 g/mol. The summed E-state index contributed by atoms with van der Waals surface area (Å²) < 4.78 is 32.4. The highest BCUT2D eigenvalue weighted by molar-refractivity contribution is 8.00. The number of anilines is 1. The van der Waals surface area contributed by atoms with Crippen LogP contribution in [0.15, 0.2) is 46.5 Å². The number of nitrogens with zero attached hydrogens (tertiary/aromatic N) is 2. The van der Waals surface area contributed by atoms with Gasteiger partial charge in [-0.2, -0.15) is 4.31 Å². The normalized spacial score (nSPS) is 16.4. The van der Waals surface area contributed by atoms with Gasteiger partial charge in [-0.3, -0.25) is 4.79 Å². The van der Waals surface area contributed by atoms with Gasteiger partial charge >= 0.3 is 0 Å². The molecule has 31 heavy (non-hydrogen) atoms. The summed E-state index contributed by atoms with van der Waals surface area (Å²) in [7, 11) is -2.01. The summed E-state index contributed by atoms with van der Waals surface area (Å²) in [6, 6.07) is 8.21. The summed E-state index contributed by atoms with van der Waals surface area (Å²) in [4.78, 5) is 17.0. The largest absolute Gasteiger partial charge is 0.495 e. The molecular weight excluding hydrogens is 458 g/mol. The van der Waals surface area contributed by atoms with E-state index in [-0.39, 0.29) is 10.8 Å². The molecule has 0 bridgehead atoms. The van der Waals surface area contributed by atoms with E-state index < -0.39 is 15.3 Å². The Kier molecular flexibility index (Phi) is 8.21. The van der Waals surface area contributed by atoms with Gasteiger partial charge in [-0.05, 0) is 50.1 Å². The van der Waals surface area contributed by atoms with Crippen molar-refractivity contribution in [3.8, 4) is 5.75 Å². The molecule has 168 valence electrons. The number of benzene rings is 1. The highest BCUT2D eigenvalue weighted by Crippen LogP contribution is 2.29. The van der Waals surface area contributed by atoms with Gasteiger partial charge in [-0.25, -0.2) is 13.4 Å². The van der Waals surface area contributed by atoms with Crippen molar-refractivity contribution in [2.45, 2.75) is 47.8 Å². The lowest BCUT2D eigenvalue weighted by atomic mass is 10.2. The quantitative estimate of drug-likeness (QED) is 0.586. The first-order valence-electron chi connectivity index (χ1n) is 10.1. The number of sulfonamides is 1. The van der Waals surface area contributed by atoms with Crippen molar-refractivity contribution in [2.24, 2.45) is 0 Å². The van der Waals surface area contributed by atoms with Gasteiger partial charge < -0.3 is 10.1 Å². The third-order valence-electron chi connectivity index (χ3n) is 5.00. The molecule has 1 aromatic heterocycles. The van der Waals surface area contributed by atoms with Crippen LogP contribution in [0.4, 0.5) is 5.69 Å². The molecule has 1 amide bonds. The average Bonchev–Trinajstić information content (AvgIpc) is 3.04. The summed E-state index contributed by atoms with van der Waals surface area (Å²) >= 11 is 7.35. The minimum absolute atomic E-state index is 0.184. The first kappa shape index (κ1) is 23.8.